The van der Waals surface area contributed by atoms with Crippen molar-refractivity contribution in [3.05, 3.63) is 28.8 Å². The molecule has 0 aliphatic rings. The summed E-state index contributed by atoms with van der Waals surface area (Å²) in [6.45, 7) is 0.774. The Bertz CT molecular complexity index is 559. The first-order valence-corrected chi connectivity index (χ1v) is 6.67. The van der Waals surface area contributed by atoms with Crippen LogP contribution in [-0.2, 0) is 4.79 Å². The minimum absolute atomic E-state index is 0.267. The summed E-state index contributed by atoms with van der Waals surface area (Å²) >= 11 is 6.02. The van der Waals surface area contributed by atoms with Crippen molar-refractivity contribution in [2.24, 2.45) is 0 Å². The molecule has 1 N–H and O–H groups in total. The standard InChI is InChI=1S/C14H15ClF3NO3/c1-3-22-11-7-9(6-10(15)13(11)21-2)4-5-12(20)19-8-14(16,17)18/h4-7H,3,8H2,1-2H3,(H,19,20)/b5-4+. The molecule has 0 radical (unpaired) electrons. The van der Waals surface area contributed by atoms with Crippen LogP contribution in [0.2, 0.25) is 5.02 Å². The van der Waals surface area contributed by atoms with Crippen molar-refractivity contribution in [1.82, 2.24) is 5.32 Å². The van der Waals surface area contributed by atoms with Crippen LogP contribution in [0.25, 0.3) is 6.08 Å². The van der Waals surface area contributed by atoms with Gasteiger partial charge < -0.3 is 14.8 Å². The number of carbonyl (C=O) groups excluding carboxylic acids is 1. The summed E-state index contributed by atoms with van der Waals surface area (Å²) < 4.78 is 46.4. The summed E-state index contributed by atoms with van der Waals surface area (Å²) in [4.78, 5) is 11.3. The number of hydrogen-bond donors (Lipinski definition) is 1. The number of nitrogens with one attached hydrogen (secondary N) is 1. The molecule has 1 rings (SSSR count). The Kier molecular flexibility index (Phi) is 6.55. The lowest BCUT2D eigenvalue weighted by molar-refractivity contribution is -0.135. The Morgan fingerprint density at radius 3 is 2.64 bits per heavy atom. The van der Waals surface area contributed by atoms with Gasteiger partial charge in [-0.2, -0.15) is 13.2 Å². The molecule has 1 amide bonds. The molecule has 1 aromatic rings. The number of rotatable bonds is 6. The van der Waals surface area contributed by atoms with E-state index < -0.39 is 18.6 Å². The van der Waals surface area contributed by atoms with Gasteiger partial charge in [0.15, 0.2) is 11.5 Å². The molecule has 0 spiro atoms. The van der Waals surface area contributed by atoms with Crippen LogP contribution in [0.1, 0.15) is 12.5 Å². The van der Waals surface area contributed by atoms with Gasteiger partial charge in [0, 0.05) is 6.08 Å². The summed E-state index contributed by atoms with van der Waals surface area (Å²) in [6, 6.07) is 3.08. The molecule has 4 nitrogen and oxygen atoms in total. The second-order valence-electron chi connectivity index (χ2n) is 4.13. The first-order chi connectivity index (χ1) is 10.3. The van der Waals surface area contributed by atoms with E-state index in [1.807, 2.05) is 0 Å². The van der Waals surface area contributed by atoms with Crippen LogP contribution in [-0.4, -0.2) is 32.3 Å². The van der Waals surface area contributed by atoms with E-state index in [1.165, 1.54) is 19.3 Å². The largest absolute Gasteiger partial charge is 0.491 e. The minimum atomic E-state index is -4.45. The fourth-order valence-electron chi connectivity index (χ4n) is 1.56. The number of hydrogen-bond acceptors (Lipinski definition) is 3. The Hall–Kier alpha value is -1.89. The highest BCUT2D eigenvalue weighted by molar-refractivity contribution is 6.32. The number of amides is 1. The zero-order valence-electron chi connectivity index (χ0n) is 12.0. The van der Waals surface area contributed by atoms with E-state index in [0.29, 0.717) is 23.7 Å². The maximum atomic E-state index is 12.0. The van der Waals surface area contributed by atoms with Crippen molar-refractivity contribution < 1.29 is 27.4 Å². The Labute approximate surface area is 130 Å². The van der Waals surface area contributed by atoms with Crippen LogP contribution in [0.4, 0.5) is 13.2 Å². The van der Waals surface area contributed by atoms with Crippen molar-refractivity contribution in [3.63, 3.8) is 0 Å². The lowest BCUT2D eigenvalue weighted by Crippen LogP contribution is -2.32. The highest BCUT2D eigenvalue weighted by Gasteiger charge is 2.27. The fourth-order valence-corrected chi connectivity index (χ4v) is 1.86. The quantitative estimate of drug-likeness (QED) is 0.809. The Morgan fingerprint density at radius 1 is 1.41 bits per heavy atom. The van der Waals surface area contributed by atoms with Crippen LogP contribution in [0.15, 0.2) is 18.2 Å². The van der Waals surface area contributed by atoms with Crippen LogP contribution in [0.3, 0.4) is 0 Å². The zero-order chi connectivity index (χ0) is 16.8. The number of halogens is 4. The van der Waals surface area contributed by atoms with Gasteiger partial charge in [-0.3, -0.25) is 4.79 Å². The molecule has 0 heterocycles. The molecule has 1 aromatic carbocycles. The van der Waals surface area contributed by atoms with Crippen LogP contribution in [0.5, 0.6) is 11.5 Å². The molecule has 0 atom stereocenters. The summed E-state index contributed by atoms with van der Waals surface area (Å²) in [6.07, 6.45) is -2.13. The summed E-state index contributed by atoms with van der Waals surface area (Å²) in [7, 11) is 1.43. The molecule has 0 fully saturated rings. The monoisotopic (exact) mass is 337 g/mol. The molecule has 0 saturated heterocycles. The van der Waals surface area contributed by atoms with Gasteiger partial charge in [-0.05, 0) is 30.7 Å². The molecule has 0 aliphatic carbocycles. The number of alkyl halides is 3. The number of benzene rings is 1. The predicted octanol–water partition coefficient (Wildman–Crippen LogP) is 3.44. The maximum absolute atomic E-state index is 12.0. The fraction of sp³-hybridized carbons (Fsp3) is 0.357. The number of methoxy groups -OCH3 is 1. The topological polar surface area (TPSA) is 47.6 Å². The molecule has 0 unspecified atom stereocenters. The molecule has 0 aromatic heterocycles. The second-order valence-corrected chi connectivity index (χ2v) is 4.54. The maximum Gasteiger partial charge on any atom is 0.405 e. The summed E-state index contributed by atoms with van der Waals surface area (Å²) in [5.74, 6) is -0.128. The average molecular weight is 338 g/mol. The number of carbonyl (C=O) groups is 1. The van der Waals surface area contributed by atoms with Gasteiger partial charge in [0.25, 0.3) is 0 Å². The third kappa shape index (κ3) is 5.85. The van der Waals surface area contributed by atoms with E-state index in [9.17, 15) is 18.0 Å². The number of ether oxygens (including phenoxy) is 2. The van der Waals surface area contributed by atoms with Crippen molar-refractivity contribution >= 4 is 23.6 Å². The highest BCUT2D eigenvalue weighted by atomic mass is 35.5. The predicted molar refractivity (Wildman–Crippen MR) is 77.3 cm³/mol. The molecule has 0 aliphatic heterocycles. The first kappa shape index (κ1) is 18.2. The van der Waals surface area contributed by atoms with E-state index in [2.05, 4.69) is 0 Å². The van der Waals surface area contributed by atoms with Gasteiger partial charge in [-0.25, -0.2) is 0 Å². The van der Waals surface area contributed by atoms with Gasteiger partial charge in [0.1, 0.15) is 6.54 Å². The van der Waals surface area contributed by atoms with Gasteiger partial charge in [0.05, 0.1) is 18.7 Å². The van der Waals surface area contributed by atoms with E-state index in [4.69, 9.17) is 21.1 Å². The lowest BCUT2D eigenvalue weighted by Gasteiger charge is -2.11. The molecule has 22 heavy (non-hydrogen) atoms. The van der Waals surface area contributed by atoms with Crippen molar-refractivity contribution in [1.29, 1.82) is 0 Å². The molecule has 0 bridgehead atoms. The van der Waals surface area contributed by atoms with Gasteiger partial charge in [-0.1, -0.05) is 11.6 Å². The van der Waals surface area contributed by atoms with Gasteiger partial charge >= 0.3 is 6.18 Å². The lowest BCUT2D eigenvalue weighted by atomic mass is 10.2. The van der Waals surface area contributed by atoms with Crippen molar-refractivity contribution in [2.75, 3.05) is 20.3 Å². The van der Waals surface area contributed by atoms with Gasteiger partial charge in [0.2, 0.25) is 5.91 Å². The zero-order valence-corrected chi connectivity index (χ0v) is 12.7. The van der Waals surface area contributed by atoms with Crippen LogP contribution >= 0.6 is 11.6 Å². The smallest absolute Gasteiger partial charge is 0.405 e. The van der Waals surface area contributed by atoms with Crippen molar-refractivity contribution in [3.8, 4) is 11.5 Å². The molecule has 0 saturated carbocycles. The Morgan fingerprint density at radius 2 is 2.09 bits per heavy atom. The van der Waals surface area contributed by atoms with E-state index in [1.54, 1.807) is 18.3 Å². The summed E-state index contributed by atoms with van der Waals surface area (Å²) in [5.41, 5.74) is 0.497. The van der Waals surface area contributed by atoms with Crippen LogP contribution < -0.4 is 14.8 Å². The molecule has 8 heteroatoms. The minimum Gasteiger partial charge on any atom is -0.491 e. The van der Waals surface area contributed by atoms with E-state index >= 15 is 0 Å². The normalized spacial score (nSPS) is 11.5. The van der Waals surface area contributed by atoms with E-state index in [-0.39, 0.29) is 5.02 Å². The van der Waals surface area contributed by atoms with Crippen molar-refractivity contribution in [2.45, 2.75) is 13.1 Å². The van der Waals surface area contributed by atoms with Crippen LogP contribution in [0, 0.1) is 0 Å². The Balaban J connectivity index is 2.84. The first-order valence-electron chi connectivity index (χ1n) is 6.29. The van der Waals surface area contributed by atoms with E-state index in [0.717, 1.165) is 6.08 Å². The molecular weight excluding hydrogens is 323 g/mol. The SMILES string of the molecule is CCOc1cc(/C=C/C(=O)NCC(F)(F)F)cc(Cl)c1OC. The van der Waals surface area contributed by atoms with Gasteiger partial charge in [-0.15, -0.1) is 0 Å². The molecular formula is C14H15ClF3NO3. The third-order valence-corrected chi connectivity index (χ3v) is 2.71. The summed E-state index contributed by atoms with van der Waals surface area (Å²) in [5, 5.41) is 2.00. The average Bonchev–Trinajstić information content (AvgIpc) is 2.42. The third-order valence-electron chi connectivity index (χ3n) is 2.43. The second kappa shape index (κ2) is 7.93. The highest BCUT2D eigenvalue weighted by Crippen LogP contribution is 2.36. The molecule has 122 valence electrons.